The van der Waals surface area contributed by atoms with Crippen LogP contribution < -0.4 is 5.32 Å². The van der Waals surface area contributed by atoms with Gasteiger partial charge in [-0.3, -0.25) is 14.5 Å². The minimum atomic E-state index is -1.02. The lowest BCUT2D eigenvalue weighted by Gasteiger charge is -2.19. The molecule has 1 saturated carbocycles. The average Bonchev–Trinajstić information content (AvgIpc) is 3.71. The summed E-state index contributed by atoms with van der Waals surface area (Å²) in [5.41, 5.74) is 4.12. The molecule has 1 amide bonds. The third kappa shape index (κ3) is 4.92. The normalized spacial score (nSPS) is 13.5. The van der Waals surface area contributed by atoms with Crippen molar-refractivity contribution in [2.75, 3.05) is 0 Å². The molecule has 7 rings (SSSR count). The zero-order valence-corrected chi connectivity index (χ0v) is 23.3. The molecule has 2 N–H and O–H groups in total. The first-order valence-electron chi connectivity index (χ1n) is 14.0. The van der Waals surface area contributed by atoms with Crippen molar-refractivity contribution in [1.82, 2.24) is 20.1 Å². The zero-order chi connectivity index (χ0) is 30.4. The van der Waals surface area contributed by atoms with Gasteiger partial charge >= 0.3 is 5.97 Å². The maximum absolute atomic E-state index is 14.4. The highest BCUT2D eigenvalue weighted by atomic mass is 19.1. The van der Waals surface area contributed by atoms with Gasteiger partial charge in [-0.1, -0.05) is 36.4 Å². The zero-order valence-electron chi connectivity index (χ0n) is 23.3. The highest BCUT2D eigenvalue weighted by Gasteiger charge is 2.46. The van der Waals surface area contributed by atoms with Crippen LogP contribution in [0.2, 0.25) is 0 Å². The van der Waals surface area contributed by atoms with Crippen molar-refractivity contribution in [2.24, 2.45) is 0 Å². The molecule has 1 aliphatic carbocycles. The molecule has 0 spiro atoms. The summed E-state index contributed by atoms with van der Waals surface area (Å²) in [4.78, 5) is 30.3. The summed E-state index contributed by atoms with van der Waals surface area (Å²) in [5.74, 6) is -1.91. The second kappa shape index (κ2) is 10.4. The highest BCUT2D eigenvalue weighted by Crippen LogP contribution is 2.46. The number of carboxylic acid groups (broad SMARTS) is 1. The van der Waals surface area contributed by atoms with Crippen molar-refractivity contribution in [2.45, 2.75) is 24.9 Å². The van der Waals surface area contributed by atoms with Crippen molar-refractivity contribution in [1.29, 1.82) is 5.26 Å². The molecule has 44 heavy (non-hydrogen) atoms. The number of hydrogen-bond donors (Lipinski definition) is 2. The second-order valence-corrected chi connectivity index (χ2v) is 11.0. The number of carbonyl (C=O) groups is 2. The Morgan fingerprint density at radius 3 is 2.48 bits per heavy atom. The van der Waals surface area contributed by atoms with Crippen molar-refractivity contribution in [3.05, 3.63) is 131 Å². The summed E-state index contributed by atoms with van der Waals surface area (Å²) in [6, 6.07) is 27.9. The molecule has 4 aromatic carbocycles. The first-order chi connectivity index (χ1) is 21.3. The van der Waals surface area contributed by atoms with Crippen LogP contribution in [0, 0.1) is 17.1 Å². The Bertz CT molecular complexity index is 2160. The Labute approximate surface area is 251 Å². The van der Waals surface area contributed by atoms with Gasteiger partial charge in [0.15, 0.2) is 0 Å². The summed E-state index contributed by atoms with van der Waals surface area (Å²) in [6.07, 6.45) is 3.06. The predicted molar refractivity (Wildman–Crippen MR) is 162 cm³/mol. The van der Waals surface area contributed by atoms with E-state index in [0.717, 1.165) is 28.2 Å². The molecule has 2 heterocycles. The number of carboxylic acids is 1. The van der Waals surface area contributed by atoms with Gasteiger partial charge in [-0.15, -0.1) is 0 Å². The Kier molecular flexibility index (Phi) is 6.40. The van der Waals surface area contributed by atoms with Gasteiger partial charge in [-0.25, -0.2) is 9.18 Å². The molecule has 0 radical (unpaired) electrons. The van der Waals surface area contributed by atoms with E-state index in [-0.39, 0.29) is 17.0 Å². The monoisotopic (exact) mass is 581 g/mol. The van der Waals surface area contributed by atoms with E-state index in [2.05, 4.69) is 10.4 Å². The number of nitrogens with zero attached hydrogens (tertiary/aromatic N) is 4. The molecular formula is C35H24FN5O3. The van der Waals surface area contributed by atoms with Crippen LogP contribution in [0.3, 0.4) is 0 Å². The van der Waals surface area contributed by atoms with Gasteiger partial charge in [-0.05, 0) is 84.1 Å². The fourth-order valence-corrected chi connectivity index (χ4v) is 5.69. The van der Waals surface area contributed by atoms with Crippen LogP contribution in [-0.2, 0) is 12.1 Å². The molecule has 8 nitrogen and oxygen atoms in total. The lowest BCUT2D eigenvalue weighted by Crippen LogP contribution is -2.35. The number of carbonyl (C=O) groups excluding carboxylic acids is 1. The first kappa shape index (κ1) is 27.0. The van der Waals surface area contributed by atoms with Crippen LogP contribution in [0.5, 0.6) is 0 Å². The van der Waals surface area contributed by atoms with Crippen LogP contribution >= 0.6 is 0 Å². The number of rotatable bonds is 7. The summed E-state index contributed by atoms with van der Waals surface area (Å²) in [5, 5.41) is 28.2. The Balaban J connectivity index is 1.32. The number of benzene rings is 4. The number of amides is 1. The fraction of sp³-hybridized carbons (Fsp3) is 0.114. The number of nitrogens with one attached hydrogen (secondary N) is 1. The van der Waals surface area contributed by atoms with Crippen molar-refractivity contribution in [3.8, 4) is 17.2 Å². The number of hydrogen-bond acceptors (Lipinski definition) is 5. The third-order valence-corrected chi connectivity index (χ3v) is 8.09. The Hall–Kier alpha value is -5.88. The van der Waals surface area contributed by atoms with E-state index in [1.54, 1.807) is 35.1 Å². The average molecular weight is 582 g/mol. The standard InChI is InChI=1S/C35H24FN5O3/c36-28-14-21(18-37)13-24(16-28)25-15-26-19-38-41(20-29-10-7-22-3-1-2-4-31(22)39-29)32(26)30(17-25)33(42)40-35(11-12-35)27-8-5-23(6-9-27)34(43)44/h1-10,13-17,19H,11-12,20H2,(H,40,42)(H,43,44). The molecule has 0 unspecified atom stereocenters. The summed E-state index contributed by atoms with van der Waals surface area (Å²) in [6.45, 7) is 0.314. The molecule has 1 fully saturated rings. The maximum atomic E-state index is 14.4. The molecule has 6 aromatic rings. The van der Waals surface area contributed by atoms with E-state index in [1.165, 1.54) is 18.2 Å². The van der Waals surface area contributed by atoms with Crippen molar-refractivity contribution >= 4 is 33.7 Å². The van der Waals surface area contributed by atoms with E-state index in [4.69, 9.17) is 4.98 Å². The summed E-state index contributed by atoms with van der Waals surface area (Å²) in [7, 11) is 0. The number of halogens is 1. The molecule has 0 atom stereocenters. The maximum Gasteiger partial charge on any atom is 0.335 e. The van der Waals surface area contributed by atoms with Crippen LogP contribution in [-0.4, -0.2) is 31.7 Å². The number of aromatic carboxylic acids is 1. The van der Waals surface area contributed by atoms with E-state index in [1.807, 2.05) is 48.5 Å². The van der Waals surface area contributed by atoms with Crippen LogP contribution in [0.15, 0.2) is 97.2 Å². The molecule has 214 valence electrons. The van der Waals surface area contributed by atoms with E-state index >= 15 is 0 Å². The number of nitriles is 1. The van der Waals surface area contributed by atoms with Crippen LogP contribution in [0.4, 0.5) is 4.39 Å². The fourth-order valence-electron chi connectivity index (χ4n) is 5.69. The molecule has 0 saturated heterocycles. The predicted octanol–water partition coefficient (Wildman–Crippen LogP) is 6.43. The van der Waals surface area contributed by atoms with Gasteiger partial charge in [0.1, 0.15) is 5.82 Å². The number of aromatic nitrogens is 3. The minimum Gasteiger partial charge on any atom is -0.478 e. The second-order valence-electron chi connectivity index (χ2n) is 11.0. The quantitative estimate of drug-likeness (QED) is 0.224. The lowest BCUT2D eigenvalue weighted by atomic mass is 9.97. The number of para-hydroxylation sites is 1. The summed E-state index contributed by atoms with van der Waals surface area (Å²) < 4.78 is 16.2. The minimum absolute atomic E-state index is 0.170. The lowest BCUT2D eigenvalue weighted by molar-refractivity contribution is 0.0696. The number of fused-ring (bicyclic) bond motifs is 2. The molecule has 9 heteroatoms. The molecule has 2 aromatic heterocycles. The van der Waals surface area contributed by atoms with Crippen molar-refractivity contribution in [3.63, 3.8) is 0 Å². The summed E-state index contributed by atoms with van der Waals surface area (Å²) >= 11 is 0. The van der Waals surface area contributed by atoms with E-state index < -0.39 is 17.3 Å². The van der Waals surface area contributed by atoms with Crippen molar-refractivity contribution < 1.29 is 19.1 Å². The topological polar surface area (TPSA) is 121 Å². The Morgan fingerprint density at radius 1 is 0.955 bits per heavy atom. The van der Waals surface area contributed by atoms with Gasteiger partial charge in [0, 0.05) is 10.8 Å². The van der Waals surface area contributed by atoms with E-state index in [9.17, 15) is 24.3 Å². The molecule has 0 aliphatic heterocycles. The van der Waals surface area contributed by atoms with Gasteiger partial charge in [0.25, 0.3) is 5.91 Å². The molecular weight excluding hydrogens is 557 g/mol. The third-order valence-electron chi connectivity index (χ3n) is 8.09. The van der Waals surface area contributed by atoms with Gasteiger partial charge in [-0.2, -0.15) is 10.4 Å². The van der Waals surface area contributed by atoms with Gasteiger partial charge in [0.2, 0.25) is 0 Å². The highest BCUT2D eigenvalue weighted by molar-refractivity contribution is 6.08. The van der Waals surface area contributed by atoms with Crippen LogP contribution in [0.1, 0.15) is 50.4 Å². The van der Waals surface area contributed by atoms with Crippen LogP contribution in [0.25, 0.3) is 32.9 Å². The molecule has 0 bridgehead atoms. The number of pyridine rings is 1. The largest absolute Gasteiger partial charge is 0.478 e. The smallest absolute Gasteiger partial charge is 0.335 e. The van der Waals surface area contributed by atoms with Gasteiger partial charge < -0.3 is 10.4 Å². The SMILES string of the molecule is N#Cc1cc(F)cc(-c2cc(C(=O)NC3(c4ccc(C(=O)O)cc4)CC3)c3c(cnn3Cc3ccc4ccccc4n3)c2)c1. The Morgan fingerprint density at radius 2 is 1.73 bits per heavy atom. The van der Waals surface area contributed by atoms with Gasteiger partial charge in [0.05, 0.1) is 57.8 Å². The van der Waals surface area contributed by atoms with E-state index in [0.29, 0.717) is 47.0 Å². The molecule has 1 aliphatic rings. The first-order valence-corrected chi connectivity index (χ1v) is 14.0.